The van der Waals surface area contributed by atoms with Crippen LogP contribution in [0, 0.1) is 5.82 Å². The molecule has 1 heterocycles. The summed E-state index contributed by atoms with van der Waals surface area (Å²) in [4.78, 5) is 5.35. The average molecular weight is 434 g/mol. The van der Waals surface area contributed by atoms with Crippen LogP contribution in [0.5, 0.6) is 0 Å². The van der Waals surface area contributed by atoms with Crippen LogP contribution in [0.1, 0.15) is 17.8 Å². The zero-order valence-corrected chi connectivity index (χ0v) is 15.4. The van der Waals surface area contributed by atoms with Gasteiger partial charge in [-0.3, -0.25) is 0 Å². The standard InChI is InChI=1S/C18H12F6N2O2S/c1-29(27,28)13-6-5-10(8-12(13)19)15-14(25-17(26-15)16(20)21)9-3-2-4-11(7-9)18(22,23)24/h2-8,16H,1H3,(H,25,26). The van der Waals surface area contributed by atoms with Gasteiger partial charge in [-0.25, -0.2) is 26.6 Å². The fourth-order valence-electron chi connectivity index (χ4n) is 2.71. The molecule has 154 valence electrons. The fraction of sp³-hybridized carbons (Fsp3) is 0.167. The summed E-state index contributed by atoms with van der Waals surface area (Å²) in [6.45, 7) is 0. The summed E-state index contributed by atoms with van der Waals surface area (Å²) >= 11 is 0. The van der Waals surface area contributed by atoms with Crippen molar-refractivity contribution in [2.75, 3.05) is 6.26 Å². The van der Waals surface area contributed by atoms with Crippen LogP contribution in [0.15, 0.2) is 47.4 Å². The molecule has 2 aromatic carbocycles. The van der Waals surface area contributed by atoms with Crippen LogP contribution in [0.3, 0.4) is 0 Å². The van der Waals surface area contributed by atoms with Crippen molar-refractivity contribution in [3.05, 3.63) is 59.7 Å². The van der Waals surface area contributed by atoms with Gasteiger partial charge in [-0.2, -0.15) is 13.2 Å². The predicted octanol–water partition coefficient (Wildman–Crippen LogP) is 5.24. The smallest absolute Gasteiger partial charge is 0.337 e. The van der Waals surface area contributed by atoms with E-state index in [2.05, 4.69) is 9.97 Å². The quantitative estimate of drug-likeness (QED) is 0.571. The summed E-state index contributed by atoms with van der Waals surface area (Å²) in [5, 5.41) is 0. The summed E-state index contributed by atoms with van der Waals surface area (Å²) in [5.74, 6) is -1.95. The van der Waals surface area contributed by atoms with Crippen LogP contribution >= 0.6 is 0 Å². The molecule has 11 heteroatoms. The number of halogens is 6. The monoisotopic (exact) mass is 434 g/mol. The molecule has 0 radical (unpaired) electrons. The number of hydrogen-bond donors (Lipinski definition) is 1. The molecule has 0 atom stereocenters. The number of aromatic amines is 1. The number of nitrogens with zero attached hydrogens (tertiary/aromatic N) is 1. The van der Waals surface area contributed by atoms with Crippen LogP contribution in [0.4, 0.5) is 26.3 Å². The van der Waals surface area contributed by atoms with E-state index in [0.717, 1.165) is 42.7 Å². The molecule has 0 aliphatic rings. The van der Waals surface area contributed by atoms with Crippen LogP contribution in [-0.2, 0) is 16.0 Å². The Hall–Kier alpha value is -2.82. The molecule has 0 unspecified atom stereocenters. The summed E-state index contributed by atoms with van der Waals surface area (Å²) in [6, 6.07) is 6.76. The molecule has 1 N–H and O–H groups in total. The molecular weight excluding hydrogens is 422 g/mol. The zero-order chi connectivity index (χ0) is 21.6. The van der Waals surface area contributed by atoms with Crippen molar-refractivity contribution in [1.29, 1.82) is 0 Å². The van der Waals surface area contributed by atoms with Crippen molar-refractivity contribution >= 4 is 9.84 Å². The molecule has 0 aliphatic carbocycles. The van der Waals surface area contributed by atoms with E-state index in [1.54, 1.807) is 0 Å². The summed E-state index contributed by atoms with van der Waals surface area (Å²) in [7, 11) is -3.87. The number of aromatic nitrogens is 2. The second-order valence-electron chi connectivity index (χ2n) is 6.14. The maximum absolute atomic E-state index is 14.2. The van der Waals surface area contributed by atoms with Gasteiger partial charge in [0.15, 0.2) is 15.7 Å². The zero-order valence-electron chi connectivity index (χ0n) is 14.6. The van der Waals surface area contributed by atoms with E-state index in [-0.39, 0.29) is 22.5 Å². The van der Waals surface area contributed by atoms with Gasteiger partial charge in [0.25, 0.3) is 6.43 Å². The van der Waals surface area contributed by atoms with E-state index in [4.69, 9.17) is 0 Å². The molecule has 3 aromatic rings. The minimum absolute atomic E-state index is 0.0540. The topological polar surface area (TPSA) is 62.8 Å². The van der Waals surface area contributed by atoms with Gasteiger partial charge in [0, 0.05) is 17.4 Å². The van der Waals surface area contributed by atoms with Gasteiger partial charge in [0.05, 0.1) is 17.0 Å². The highest BCUT2D eigenvalue weighted by molar-refractivity contribution is 7.90. The van der Waals surface area contributed by atoms with Crippen molar-refractivity contribution in [2.24, 2.45) is 0 Å². The predicted molar refractivity (Wildman–Crippen MR) is 92.5 cm³/mol. The number of imidazole rings is 1. The Kier molecular flexibility index (Phi) is 5.20. The summed E-state index contributed by atoms with van der Waals surface area (Å²) in [5.41, 5.74) is -1.61. The number of H-pyrrole nitrogens is 1. The first-order chi connectivity index (χ1) is 13.4. The van der Waals surface area contributed by atoms with Crippen molar-refractivity contribution in [2.45, 2.75) is 17.5 Å². The minimum Gasteiger partial charge on any atom is -0.337 e. The summed E-state index contributed by atoms with van der Waals surface area (Å²) in [6.07, 6.45) is -6.93. The molecule has 0 bridgehead atoms. The molecular formula is C18H12F6N2O2S. The van der Waals surface area contributed by atoms with Crippen LogP contribution < -0.4 is 0 Å². The molecule has 3 rings (SSSR count). The third-order valence-corrected chi connectivity index (χ3v) is 5.14. The van der Waals surface area contributed by atoms with Crippen LogP contribution in [-0.4, -0.2) is 24.6 Å². The third-order valence-electron chi connectivity index (χ3n) is 4.01. The highest BCUT2D eigenvalue weighted by Gasteiger charge is 2.31. The largest absolute Gasteiger partial charge is 0.416 e. The highest BCUT2D eigenvalue weighted by atomic mass is 32.2. The van der Waals surface area contributed by atoms with Gasteiger partial charge in [-0.05, 0) is 24.3 Å². The first kappa shape index (κ1) is 20.9. The number of nitrogens with one attached hydrogen (secondary N) is 1. The Labute approximate surface area is 161 Å². The number of alkyl halides is 5. The molecule has 0 aliphatic heterocycles. The van der Waals surface area contributed by atoms with E-state index in [1.165, 1.54) is 6.07 Å². The van der Waals surface area contributed by atoms with Crippen molar-refractivity contribution in [3.8, 4) is 22.5 Å². The SMILES string of the molecule is CS(=O)(=O)c1ccc(-c2[nH]c(C(F)F)nc2-c2cccc(C(F)(F)F)c2)cc1F. The highest BCUT2D eigenvalue weighted by Crippen LogP contribution is 2.37. The molecule has 0 saturated heterocycles. The number of hydrogen-bond acceptors (Lipinski definition) is 3. The lowest BCUT2D eigenvalue weighted by Gasteiger charge is -2.09. The normalized spacial score (nSPS) is 12.6. The average Bonchev–Trinajstić information content (AvgIpc) is 3.05. The first-order valence-electron chi connectivity index (χ1n) is 7.93. The van der Waals surface area contributed by atoms with Gasteiger partial charge in [-0.15, -0.1) is 0 Å². The van der Waals surface area contributed by atoms with Crippen LogP contribution in [0.25, 0.3) is 22.5 Å². The minimum atomic E-state index is -4.67. The maximum Gasteiger partial charge on any atom is 0.416 e. The molecule has 29 heavy (non-hydrogen) atoms. The van der Waals surface area contributed by atoms with E-state index in [0.29, 0.717) is 0 Å². The Morgan fingerprint density at radius 3 is 2.28 bits per heavy atom. The Bertz CT molecular complexity index is 1170. The number of rotatable bonds is 4. The van der Waals surface area contributed by atoms with Gasteiger partial charge in [-0.1, -0.05) is 18.2 Å². The lowest BCUT2D eigenvalue weighted by molar-refractivity contribution is -0.137. The Morgan fingerprint density at radius 1 is 1.03 bits per heavy atom. The lowest BCUT2D eigenvalue weighted by Crippen LogP contribution is -2.04. The summed E-state index contributed by atoms with van der Waals surface area (Å²) < 4.78 is 103. The molecule has 0 saturated carbocycles. The van der Waals surface area contributed by atoms with E-state index in [9.17, 15) is 34.8 Å². The van der Waals surface area contributed by atoms with E-state index in [1.807, 2.05) is 0 Å². The van der Waals surface area contributed by atoms with Crippen molar-refractivity contribution < 1.29 is 34.8 Å². The van der Waals surface area contributed by atoms with Crippen LogP contribution in [0.2, 0.25) is 0 Å². The molecule has 4 nitrogen and oxygen atoms in total. The van der Waals surface area contributed by atoms with Gasteiger partial charge < -0.3 is 4.98 Å². The molecule has 0 amide bonds. The Balaban J connectivity index is 2.20. The van der Waals surface area contributed by atoms with Crippen molar-refractivity contribution in [1.82, 2.24) is 9.97 Å². The number of sulfone groups is 1. The maximum atomic E-state index is 14.2. The molecule has 0 fully saturated rings. The number of benzene rings is 2. The van der Waals surface area contributed by atoms with E-state index >= 15 is 0 Å². The molecule has 1 aromatic heterocycles. The van der Waals surface area contributed by atoms with Gasteiger partial charge >= 0.3 is 6.18 Å². The first-order valence-corrected chi connectivity index (χ1v) is 9.82. The Morgan fingerprint density at radius 2 is 1.72 bits per heavy atom. The fourth-order valence-corrected chi connectivity index (χ4v) is 3.44. The van der Waals surface area contributed by atoms with Gasteiger partial charge in [0.1, 0.15) is 10.7 Å². The lowest BCUT2D eigenvalue weighted by atomic mass is 10.0. The third kappa shape index (κ3) is 4.29. The molecule has 0 spiro atoms. The van der Waals surface area contributed by atoms with Gasteiger partial charge in [0.2, 0.25) is 0 Å². The second-order valence-corrected chi connectivity index (χ2v) is 8.13. The van der Waals surface area contributed by atoms with Crippen molar-refractivity contribution in [3.63, 3.8) is 0 Å². The van der Waals surface area contributed by atoms with E-state index < -0.39 is 44.5 Å². The second kappa shape index (κ2) is 7.21.